The number of aliphatic hydroxyl groups excluding tert-OH is 1. The Bertz CT molecular complexity index is 218. The number of aliphatic hydroxyl groups is 1. The molecule has 1 aliphatic heterocycles. The highest BCUT2D eigenvalue weighted by molar-refractivity contribution is 4.72. The molecule has 2 nitrogen and oxygen atoms in total. The van der Waals surface area contributed by atoms with Crippen molar-refractivity contribution in [2.45, 2.75) is 103 Å². The standard InChI is InChI=1S/C19H38O2/c1-2-3-4-5-6-7-8-9-10-11-12-13-14-18-15-19(16-20)21-17-18/h18-20H,2-17H2,1H3. The summed E-state index contributed by atoms with van der Waals surface area (Å²) >= 11 is 0. The molecule has 2 heteroatoms. The first-order valence-corrected chi connectivity index (χ1v) is 9.59. The predicted molar refractivity (Wildman–Crippen MR) is 90.6 cm³/mol. The molecule has 1 N–H and O–H groups in total. The monoisotopic (exact) mass is 298 g/mol. The van der Waals surface area contributed by atoms with Gasteiger partial charge < -0.3 is 9.84 Å². The molecule has 0 saturated carbocycles. The maximum atomic E-state index is 9.03. The van der Waals surface area contributed by atoms with Gasteiger partial charge in [-0.05, 0) is 18.8 Å². The van der Waals surface area contributed by atoms with Gasteiger partial charge in [-0.1, -0.05) is 84.0 Å². The Morgan fingerprint density at radius 2 is 1.33 bits per heavy atom. The molecule has 1 rings (SSSR count). The van der Waals surface area contributed by atoms with Crippen LogP contribution in [0.1, 0.15) is 96.8 Å². The van der Waals surface area contributed by atoms with Crippen LogP contribution >= 0.6 is 0 Å². The third kappa shape index (κ3) is 10.3. The van der Waals surface area contributed by atoms with Crippen LogP contribution in [0.25, 0.3) is 0 Å². The second kappa shape index (κ2) is 13.6. The zero-order valence-electron chi connectivity index (χ0n) is 14.3. The van der Waals surface area contributed by atoms with E-state index in [1.807, 2.05) is 0 Å². The van der Waals surface area contributed by atoms with Gasteiger partial charge in [0.25, 0.3) is 0 Å². The Balaban J connectivity index is 1.73. The van der Waals surface area contributed by atoms with Crippen LogP contribution in [0, 0.1) is 5.92 Å². The summed E-state index contributed by atoms with van der Waals surface area (Å²) in [7, 11) is 0. The van der Waals surface area contributed by atoms with Crippen molar-refractivity contribution < 1.29 is 9.84 Å². The van der Waals surface area contributed by atoms with Crippen molar-refractivity contribution in [1.29, 1.82) is 0 Å². The Labute approximate surface area is 132 Å². The van der Waals surface area contributed by atoms with E-state index in [2.05, 4.69) is 6.92 Å². The molecule has 1 heterocycles. The Morgan fingerprint density at radius 1 is 0.810 bits per heavy atom. The van der Waals surface area contributed by atoms with Crippen LogP contribution in [0.4, 0.5) is 0 Å². The molecule has 1 saturated heterocycles. The minimum absolute atomic E-state index is 0.132. The highest BCUT2D eigenvalue weighted by Gasteiger charge is 2.23. The fourth-order valence-corrected chi connectivity index (χ4v) is 3.38. The molecule has 0 amide bonds. The highest BCUT2D eigenvalue weighted by atomic mass is 16.5. The summed E-state index contributed by atoms with van der Waals surface area (Å²) < 4.78 is 5.52. The average molecular weight is 299 g/mol. The molecule has 0 aliphatic carbocycles. The third-order valence-corrected chi connectivity index (χ3v) is 4.83. The lowest BCUT2D eigenvalue weighted by Gasteiger charge is -2.07. The molecule has 126 valence electrons. The van der Waals surface area contributed by atoms with Crippen LogP contribution < -0.4 is 0 Å². The molecule has 0 aromatic heterocycles. The second-order valence-corrected chi connectivity index (χ2v) is 6.92. The summed E-state index contributed by atoms with van der Waals surface area (Å²) in [6, 6.07) is 0. The normalized spacial score (nSPS) is 22.0. The number of unbranched alkanes of at least 4 members (excludes halogenated alkanes) is 11. The van der Waals surface area contributed by atoms with Crippen molar-refractivity contribution in [3.8, 4) is 0 Å². The molecule has 0 aromatic carbocycles. The largest absolute Gasteiger partial charge is 0.394 e. The number of hydrogen-bond acceptors (Lipinski definition) is 2. The lowest BCUT2D eigenvalue weighted by Crippen LogP contribution is -2.09. The van der Waals surface area contributed by atoms with Gasteiger partial charge in [-0.15, -0.1) is 0 Å². The molecule has 0 aromatic rings. The Morgan fingerprint density at radius 3 is 1.81 bits per heavy atom. The van der Waals surface area contributed by atoms with Gasteiger partial charge in [-0.3, -0.25) is 0 Å². The summed E-state index contributed by atoms with van der Waals surface area (Å²) in [5.41, 5.74) is 0. The van der Waals surface area contributed by atoms with E-state index in [1.165, 1.54) is 83.5 Å². The summed E-state index contributed by atoms with van der Waals surface area (Å²) in [5, 5.41) is 9.03. The van der Waals surface area contributed by atoms with E-state index in [1.54, 1.807) is 0 Å². The molecule has 2 atom stereocenters. The van der Waals surface area contributed by atoms with Crippen molar-refractivity contribution >= 4 is 0 Å². The minimum Gasteiger partial charge on any atom is -0.394 e. The maximum Gasteiger partial charge on any atom is 0.0809 e. The van der Waals surface area contributed by atoms with Gasteiger partial charge in [0, 0.05) is 6.61 Å². The molecule has 1 fully saturated rings. The van der Waals surface area contributed by atoms with E-state index in [-0.39, 0.29) is 12.7 Å². The lowest BCUT2D eigenvalue weighted by atomic mass is 9.97. The van der Waals surface area contributed by atoms with Crippen molar-refractivity contribution in [1.82, 2.24) is 0 Å². The molecule has 1 aliphatic rings. The van der Waals surface area contributed by atoms with Crippen LogP contribution in [0.3, 0.4) is 0 Å². The van der Waals surface area contributed by atoms with Crippen molar-refractivity contribution in [2.24, 2.45) is 5.92 Å². The number of rotatable bonds is 14. The molecule has 0 radical (unpaired) electrons. The van der Waals surface area contributed by atoms with E-state index < -0.39 is 0 Å². The Hall–Kier alpha value is -0.0800. The smallest absolute Gasteiger partial charge is 0.0809 e. The second-order valence-electron chi connectivity index (χ2n) is 6.92. The topological polar surface area (TPSA) is 29.5 Å². The van der Waals surface area contributed by atoms with Gasteiger partial charge in [-0.25, -0.2) is 0 Å². The van der Waals surface area contributed by atoms with Gasteiger partial charge in [0.1, 0.15) is 0 Å². The summed E-state index contributed by atoms with van der Waals surface area (Å²) in [6.07, 6.45) is 19.5. The molecular weight excluding hydrogens is 260 g/mol. The van der Waals surface area contributed by atoms with Gasteiger partial charge in [0.05, 0.1) is 12.7 Å². The maximum absolute atomic E-state index is 9.03. The first-order valence-electron chi connectivity index (χ1n) is 9.59. The highest BCUT2D eigenvalue weighted by Crippen LogP contribution is 2.24. The molecule has 0 bridgehead atoms. The number of ether oxygens (including phenoxy) is 1. The van der Waals surface area contributed by atoms with Crippen molar-refractivity contribution in [2.75, 3.05) is 13.2 Å². The SMILES string of the molecule is CCCCCCCCCCCCCCC1COC(CO)C1. The third-order valence-electron chi connectivity index (χ3n) is 4.83. The first-order chi connectivity index (χ1) is 10.4. The van der Waals surface area contributed by atoms with Gasteiger partial charge in [-0.2, -0.15) is 0 Å². The zero-order chi connectivity index (χ0) is 15.2. The molecule has 0 spiro atoms. The lowest BCUT2D eigenvalue weighted by molar-refractivity contribution is 0.0571. The summed E-state index contributed by atoms with van der Waals surface area (Å²) in [5.74, 6) is 0.713. The fourth-order valence-electron chi connectivity index (χ4n) is 3.38. The van der Waals surface area contributed by atoms with E-state index in [9.17, 15) is 0 Å². The fraction of sp³-hybridized carbons (Fsp3) is 1.00. The van der Waals surface area contributed by atoms with Crippen molar-refractivity contribution in [3.05, 3.63) is 0 Å². The van der Waals surface area contributed by atoms with Crippen LogP contribution in [-0.4, -0.2) is 24.4 Å². The van der Waals surface area contributed by atoms with Crippen LogP contribution in [0.5, 0.6) is 0 Å². The van der Waals surface area contributed by atoms with Crippen LogP contribution in [0.15, 0.2) is 0 Å². The first kappa shape index (κ1) is 19.0. The zero-order valence-corrected chi connectivity index (χ0v) is 14.3. The van der Waals surface area contributed by atoms with Crippen molar-refractivity contribution in [3.63, 3.8) is 0 Å². The van der Waals surface area contributed by atoms with E-state index in [0.717, 1.165) is 13.0 Å². The number of hydrogen-bond donors (Lipinski definition) is 1. The van der Waals surface area contributed by atoms with E-state index in [4.69, 9.17) is 9.84 Å². The van der Waals surface area contributed by atoms with E-state index >= 15 is 0 Å². The van der Waals surface area contributed by atoms with E-state index in [0.29, 0.717) is 5.92 Å². The minimum atomic E-state index is 0.132. The molecule has 21 heavy (non-hydrogen) atoms. The quantitative estimate of drug-likeness (QED) is 0.431. The van der Waals surface area contributed by atoms with Crippen LogP contribution in [0.2, 0.25) is 0 Å². The van der Waals surface area contributed by atoms with Crippen LogP contribution in [-0.2, 0) is 4.74 Å². The average Bonchev–Trinajstić information content (AvgIpc) is 2.96. The Kier molecular flexibility index (Phi) is 12.3. The van der Waals surface area contributed by atoms with Gasteiger partial charge in [0.15, 0.2) is 0 Å². The predicted octanol–water partition coefficient (Wildman–Crippen LogP) is 5.48. The summed E-state index contributed by atoms with van der Waals surface area (Å²) in [6.45, 7) is 3.36. The van der Waals surface area contributed by atoms with Gasteiger partial charge in [0.2, 0.25) is 0 Å². The summed E-state index contributed by atoms with van der Waals surface area (Å²) in [4.78, 5) is 0. The molecule has 2 unspecified atom stereocenters. The van der Waals surface area contributed by atoms with Gasteiger partial charge >= 0.3 is 0 Å². The molecular formula is C19H38O2.